The molecule has 0 nitrogen and oxygen atoms in total. The maximum atomic E-state index is 6.45. The molecule has 106 valence electrons. The molecule has 2 rings (SSSR count). The van der Waals surface area contributed by atoms with E-state index in [2.05, 4.69) is 0 Å². The molecule has 2 aliphatic rings. The lowest BCUT2D eigenvalue weighted by molar-refractivity contribution is 0.149. The van der Waals surface area contributed by atoms with Gasteiger partial charge in [-0.15, -0.1) is 92.8 Å². The molecule has 0 heterocycles. The van der Waals surface area contributed by atoms with Crippen molar-refractivity contribution in [3.05, 3.63) is 0 Å². The molecule has 8 heteroatoms. The van der Waals surface area contributed by atoms with Gasteiger partial charge in [-0.1, -0.05) is 0 Å². The monoisotopic (exact) mass is 410 g/mol. The molecular formula is C10H10Cl8. The summed E-state index contributed by atoms with van der Waals surface area (Å²) < 4.78 is -1.13. The fourth-order valence-electron chi connectivity index (χ4n) is 3.57. The summed E-state index contributed by atoms with van der Waals surface area (Å²) in [5.74, 6) is 0.111. The van der Waals surface area contributed by atoms with Crippen LogP contribution in [0, 0.1) is 16.7 Å². The number of halogens is 8. The normalized spacial score (nSPS) is 50.2. The van der Waals surface area contributed by atoms with Crippen molar-refractivity contribution in [2.45, 2.75) is 26.3 Å². The van der Waals surface area contributed by atoms with E-state index in [9.17, 15) is 0 Å². The first-order valence-corrected chi connectivity index (χ1v) is 8.86. The van der Waals surface area contributed by atoms with Gasteiger partial charge in [0.25, 0.3) is 0 Å². The van der Waals surface area contributed by atoms with E-state index in [-0.39, 0.29) is 23.1 Å². The SMILES string of the molecule is ClCC1(C(Cl)Cl)C2CC(Cl)(Cl)C1(CCl)C(Cl)C2Cl. The summed E-state index contributed by atoms with van der Waals surface area (Å²) in [5, 5.41) is -0.876. The predicted octanol–water partition coefficient (Wildman–Crippen LogP) is 5.66. The molecule has 2 bridgehead atoms. The van der Waals surface area contributed by atoms with Crippen molar-refractivity contribution in [1.82, 2.24) is 0 Å². The van der Waals surface area contributed by atoms with Crippen LogP contribution in [0.1, 0.15) is 6.42 Å². The fourth-order valence-corrected chi connectivity index (χ4v) is 8.38. The summed E-state index contributed by atoms with van der Waals surface area (Å²) in [6, 6.07) is 0. The van der Waals surface area contributed by atoms with Gasteiger partial charge in [-0.05, 0) is 12.3 Å². The molecule has 2 fully saturated rings. The first-order chi connectivity index (χ1) is 8.23. The summed E-state index contributed by atoms with van der Waals surface area (Å²) >= 11 is 50.4. The van der Waals surface area contributed by atoms with E-state index in [4.69, 9.17) is 92.8 Å². The smallest absolute Gasteiger partial charge is 0.126 e. The minimum Gasteiger partial charge on any atom is -0.126 e. The minimum absolute atomic E-state index is 0.108. The van der Waals surface area contributed by atoms with Crippen LogP contribution in [0.2, 0.25) is 0 Å². The molecule has 0 saturated heterocycles. The van der Waals surface area contributed by atoms with Crippen LogP contribution in [0.4, 0.5) is 0 Å². The predicted molar refractivity (Wildman–Crippen MR) is 83.6 cm³/mol. The maximum Gasteiger partial charge on any atom is 0.127 e. The molecule has 0 amide bonds. The van der Waals surface area contributed by atoms with Gasteiger partial charge in [0.2, 0.25) is 0 Å². The molecule has 0 aromatic heterocycles. The van der Waals surface area contributed by atoms with Crippen molar-refractivity contribution in [3.63, 3.8) is 0 Å². The highest BCUT2D eigenvalue weighted by atomic mass is 35.5. The Hall–Kier alpha value is 2.32. The van der Waals surface area contributed by atoms with Crippen molar-refractivity contribution >= 4 is 92.8 Å². The van der Waals surface area contributed by atoms with Crippen molar-refractivity contribution in [1.29, 1.82) is 0 Å². The highest BCUT2D eigenvalue weighted by Crippen LogP contribution is 2.77. The topological polar surface area (TPSA) is 0 Å². The first kappa shape index (κ1) is 16.7. The quantitative estimate of drug-likeness (QED) is 0.523. The molecule has 0 aromatic rings. The standard InChI is InChI=1S/C10H10Cl8/c11-2-8(7(15)16)4-1-10(17,18)9(8,3-12)6(14)5(4)13/h4-7H,1-3H2. The van der Waals surface area contributed by atoms with Crippen molar-refractivity contribution < 1.29 is 0 Å². The lowest BCUT2D eigenvalue weighted by atomic mass is 9.69. The summed E-state index contributed by atoms with van der Waals surface area (Å²) in [4.78, 5) is -0.789. The van der Waals surface area contributed by atoms with Crippen LogP contribution in [0.5, 0.6) is 0 Å². The Labute approximate surface area is 146 Å². The summed E-state index contributed by atoms with van der Waals surface area (Å²) in [5.41, 5.74) is -1.68. The summed E-state index contributed by atoms with van der Waals surface area (Å²) in [7, 11) is 0. The van der Waals surface area contributed by atoms with Crippen LogP contribution in [-0.4, -0.2) is 31.7 Å². The highest BCUT2D eigenvalue weighted by molar-refractivity contribution is 6.52. The van der Waals surface area contributed by atoms with Crippen LogP contribution >= 0.6 is 92.8 Å². The van der Waals surface area contributed by atoms with E-state index < -0.39 is 25.4 Å². The van der Waals surface area contributed by atoms with Gasteiger partial charge in [-0.2, -0.15) is 0 Å². The number of hydrogen-bond acceptors (Lipinski definition) is 0. The van der Waals surface area contributed by atoms with Crippen molar-refractivity contribution in [3.8, 4) is 0 Å². The van der Waals surface area contributed by atoms with Gasteiger partial charge >= 0.3 is 0 Å². The third-order valence-electron chi connectivity index (χ3n) is 4.58. The Balaban J connectivity index is 2.68. The van der Waals surface area contributed by atoms with Gasteiger partial charge in [0.15, 0.2) is 0 Å². The zero-order chi connectivity index (χ0) is 13.9. The van der Waals surface area contributed by atoms with Gasteiger partial charge in [-0.25, -0.2) is 0 Å². The third kappa shape index (κ3) is 1.67. The van der Waals surface area contributed by atoms with Crippen LogP contribution in [0.15, 0.2) is 0 Å². The molecule has 18 heavy (non-hydrogen) atoms. The van der Waals surface area contributed by atoms with E-state index in [0.29, 0.717) is 6.42 Å². The molecule has 5 atom stereocenters. The van der Waals surface area contributed by atoms with Crippen LogP contribution in [-0.2, 0) is 0 Å². The Kier molecular flexibility index (Phi) is 4.82. The average molecular weight is 414 g/mol. The molecular weight excluding hydrogens is 404 g/mol. The van der Waals surface area contributed by atoms with E-state index in [1.54, 1.807) is 0 Å². The van der Waals surface area contributed by atoms with Crippen LogP contribution < -0.4 is 0 Å². The fraction of sp³-hybridized carbons (Fsp3) is 1.00. The number of hydrogen-bond donors (Lipinski definition) is 0. The van der Waals surface area contributed by atoms with Crippen molar-refractivity contribution in [2.75, 3.05) is 11.8 Å². The van der Waals surface area contributed by atoms with Gasteiger partial charge < -0.3 is 0 Å². The molecule has 5 unspecified atom stereocenters. The summed E-state index contributed by atoms with van der Waals surface area (Å²) in [6.45, 7) is 0. The van der Waals surface area contributed by atoms with Gasteiger partial charge in [-0.3, -0.25) is 0 Å². The van der Waals surface area contributed by atoms with Crippen molar-refractivity contribution in [2.24, 2.45) is 16.7 Å². The van der Waals surface area contributed by atoms with E-state index in [1.807, 2.05) is 0 Å². The molecule has 0 N–H and O–H groups in total. The first-order valence-electron chi connectivity index (χ1n) is 5.29. The van der Waals surface area contributed by atoms with Gasteiger partial charge in [0, 0.05) is 22.6 Å². The molecule has 0 aromatic carbocycles. The number of alkyl halides is 8. The molecule has 0 spiro atoms. The Morgan fingerprint density at radius 2 is 1.61 bits per heavy atom. The Bertz CT molecular complexity index is 345. The zero-order valence-electron chi connectivity index (χ0n) is 8.95. The van der Waals surface area contributed by atoms with E-state index >= 15 is 0 Å². The highest BCUT2D eigenvalue weighted by Gasteiger charge is 2.81. The number of fused-ring (bicyclic) bond motifs is 2. The summed E-state index contributed by atoms with van der Waals surface area (Å²) in [6.07, 6.45) is 0.433. The van der Waals surface area contributed by atoms with Crippen LogP contribution in [0.3, 0.4) is 0 Å². The largest absolute Gasteiger partial charge is 0.127 e. The Morgan fingerprint density at radius 3 is 1.94 bits per heavy atom. The molecule has 2 aliphatic carbocycles. The number of rotatable bonds is 3. The van der Waals surface area contributed by atoms with E-state index in [1.165, 1.54) is 0 Å². The second-order valence-corrected chi connectivity index (χ2v) is 9.03. The second kappa shape index (κ2) is 5.20. The van der Waals surface area contributed by atoms with Gasteiger partial charge in [0.1, 0.15) is 9.17 Å². The lowest BCUT2D eigenvalue weighted by Gasteiger charge is -2.48. The molecule has 0 radical (unpaired) electrons. The third-order valence-corrected chi connectivity index (χ3v) is 8.53. The molecule has 2 saturated carbocycles. The van der Waals surface area contributed by atoms with Gasteiger partial charge in [0.05, 0.1) is 10.8 Å². The maximum absolute atomic E-state index is 6.45. The average Bonchev–Trinajstić information content (AvgIpc) is 2.61. The van der Waals surface area contributed by atoms with E-state index in [0.717, 1.165) is 0 Å². The second-order valence-electron chi connectivity index (χ2n) is 4.94. The Morgan fingerprint density at radius 1 is 1.06 bits per heavy atom. The zero-order valence-corrected chi connectivity index (χ0v) is 15.0. The lowest BCUT2D eigenvalue weighted by Crippen LogP contribution is -2.55. The molecule has 0 aliphatic heterocycles. The van der Waals surface area contributed by atoms with Crippen LogP contribution in [0.25, 0.3) is 0 Å². The minimum atomic E-state index is -1.13.